The first-order valence-corrected chi connectivity index (χ1v) is 14.7. The van der Waals surface area contributed by atoms with Crippen LogP contribution < -0.4 is 9.47 Å². The van der Waals surface area contributed by atoms with Crippen molar-refractivity contribution in [3.05, 3.63) is 59.2 Å². The smallest absolute Gasteiger partial charge is 0.343 e. The molecule has 0 heterocycles. The van der Waals surface area contributed by atoms with E-state index in [1.54, 1.807) is 12.1 Å². The van der Waals surface area contributed by atoms with Crippen LogP contribution in [0.25, 0.3) is 0 Å². The quantitative estimate of drug-likeness (QED) is 0.139. The van der Waals surface area contributed by atoms with Crippen molar-refractivity contribution in [2.75, 3.05) is 6.61 Å². The van der Waals surface area contributed by atoms with Crippen molar-refractivity contribution in [1.29, 1.82) is 0 Å². The van der Waals surface area contributed by atoms with Crippen LogP contribution in [0.5, 0.6) is 11.5 Å². The molecule has 0 aromatic heterocycles. The van der Waals surface area contributed by atoms with Gasteiger partial charge in [0.2, 0.25) is 11.6 Å². The lowest BCUT2D eigenvalue weighted by Gasteiger charge is -2.29. The third kappa shape index (κ3) is 8.81. The lowest BCUT2D eigenvalue weighted by molar-refractivity contribution is 0.0726. The van der Waals surface area contributed by atoms with Gasteiger partial charge >= 0.3 is 5.97 Å². The van der Waals surface area contributed by atoms with Crippen LogP contribution in [-0.2, 0) is 0 Å². The highest BCUT2D eigenvalue weighted by atomic mass is 19.2. The highest BCUT2D eigenvalue weighted by Crippen LogP contribution is 2.38. The minimum atomic E-state index is -1.21. The second kappa shape index (κ2) is 14.6. The summed E-state index contributed by atoms with van der Waals surface area (Å²) >= 11 is 0. The fourth-order valence-corrected chi connectivity index (χ4v) is 5.29. The Morgan fingerprint density at radius 3 is 2.18 bits per heavy atom. The molecule has 0 N–H and O–H groups in total. The Hall–Kier alpha value is -2.43. The van der Waals surface area contributed by atoms with E-state index in [9.17, 15) is 13.6 Å². The predicted molar refractivity (Wildman–Crippen MR) is 150 cm³/mol. The number of hydrogen-bond acceptors (Lipinski definition) is 3. The molecule has 1 aliphatic carbocycles. The molecule has 38 heavy (non-hydrogen) atoms. The van der Waals surface area contributed by atoms with Gasteiger partial charge in [0.15, 0.2) is 11.5 Å². The van der Waals surface area contributed by atoms with E-state index in [2.05, 4.69) is 27.7 Å². The molecule has 1 fully saturated rings. The molecule has 0 bridgehead atoms. The van der Waals surface area contributed by atoms with E-state index in [0.29, 0.717) is 18.1 Å². The summed E-state index contributed by atoms with van der Waals surface area (Å²) in [6.07, 6.45) is 14.0. The molecule has 0 radical (unpaired) electrons. The summed E-state index contributed by atoms with van der Waals surface area (Å²) in [6.45, 7) is 9.16. The average molecular weight is 529 g/mol. The van der Waals surface area contributed by atoms with Gasteiger partial charge in [-0.05, 0) is 92.0 Å². The molecule has 5 heteroatoms. The maximum atomic E-state index is 14.6. The lowest BCUT2D eigenvalue weighted by atomic mass is 9.77. The number of hydrogen-bond donors (Lipinski definition) is 0. The molecule has 0 atom stereocenters. The summed E-state index contributed by atoms with van der Waals surface area (Å²) in [4.78, 5) is 12.6. The number of esters is 1. The molecule has 0 spiro atoms. The molecule has 1 aliphatic rings. The second-order valence-electron chi connectivity index (χ2n) is 11.7. The Morgan fingerprint density at radius 1 is 0.868 bits per heavy atom. The van der Waals surface area contributed by atoms with E-state index >= 15 is 0 Å². The monoisotopic (exact) mass is 528 g/mol. The Balaban J connectivity index is 1.49. The van der Waals surface area contributed by atoms with Gasteiger partial charge in [-0.3, -0.25) is 0 Å². The number of unbranched alkanes of at least 4 members (excludes halogenated alkanes) is 3. The third-order valence-corrected chi connectivity index (χ3v) is 8.36. The van der Waals surface area contributed by atoms with E-state index < -0.39 is 23.4 Å². The number of carbonyl (C=O) groups is 1. The molecule has 1 saturated carbocycles. The van der Waals surface area contributed by atoms with E-state index in [1.807, 2.05) is 12.1 Å². The van der Waals surface area contributed by atoms with E-state index in [1.165, 1.54) is 69.1 Å². The Bertz CT molecular complexity index is 1010. The molecular weight excluding hydrogens is 482 g/mol. The first-order valence-electron chi connectivity index (χ1n) is 14.7. The second-order valence-corrected chi connectivity index (χ2v) is 11.7. The zero-order chi connectivity index (χ0) is 27.5. The third-order valence-electron chi connectivity index (χ3n) is 8.36. The highest BCUT2D eigenvalue weighted by Gasteiger charge is 2.23. The molecule has 2 aromatic carbocycles. The van der Waals surface area contributed by atoms with Crippen molar-refractivity contribution in [3.63, 3.8) is 0 Å². The first kappa shape index (κ1) is 30.1. The van der Waals surface area contributed by atoms with Crippen LogP contribution in [0.1, 0.15) is 127 Å². The maximum absolute atomic E-state index is 14.6. The fraction of sp³-hybridized carbons (Fsp3) is 0.606. The van der Waals surface area contributed by atoms with Gasteiger partial charge in [0, 0.05) is 0 Å². The van der Waals surface area contributed by atoms with Crippen LogP contribution >= 0.6 is 0 Å². The Labute approximate surface area is 228 Å². The Morgan fingerprint density at radius 2 is 1.53 bits per heavy atom. The topological polar surface area (TPSA) is 35.5 Å². The maximum Gasteiger partial charge on any atom is 0.343 e. The lowest BCUT2D eigenvalue weighted by Crippen LogP contribution is -2.14. The predicted octanol–water partition coefficient (Wildman–Crippen LogP) is 10.0. The van der Waals surface area contributed by atoms with Crippen molar-refractivity contribution in [3.8, 4) is 11.5 Å². The van der Waals surface area contributed by atoms with Crippen LogP contribution in [0.15, 0.2) is 36.4 Å². The molecular formula is C33H46F2O3. The molecule has 3 rings (SSSR count). The summed E-state index contributed by atoms with van der Waals surface area (Å²) in [5.41, 5.74) is 1.82. The molecule has 2 aromatic rings. The fourth-order valence-electron chi connectivity index (χ4n) is 5.29. The zero-order valence-electron chi connectivity index (χ0n) is 23.8. The van der Waals surface area contributed by atoms with Crippen LogP contribution in [-0.4, -0.2) is 12.6 Å². The van der Waals surface area contributed by atoms with Crippen molar-refractivity contribution in [2.24, 2.45) is 11.3 Å². The van der Waals surface area contributed by atoms with Crippen LogP contribution in [0.4, 0.5) is 8.78 Å². The number of carbonyl (C=O) groups excluding carboxylic acids is 1. The van der Waals surface area contributed by atoms with E-state index in [4.69, 9.17) is 9.47 Å². The highest BCUT2D eigenvalue weighted by molar-refractivity contribution is 5.91. The van der Waals surface area contributed by atoms with Gasteiger partial charge in [-0.15, -0.1) is 0 Å². The molecule has 0 unspecified atom stereocenters. The van der Waals surface area contributed by atoms with Gasteiger partial charge in [-0.1, -0.05) is 71.9 Å². The normalized spacial score (nSPS) is 17.8. The first-order chi connectivity index (χ1) is 18.2. The largest absolute Gasteiger partial charge is 0.490 e. The summed E-state index contributed by atoms with van der Waals surface area (Å²) in [5, 5.41) is 0. The Kier molecular flexibility index (Phi) is 11.6. The zero-order valence-corrected chi connectivity index (χ0v) is 23.8. The average Bonchev–Trinajstić information content (AvgIpc) is 2.93. The summed E-state index contributed by atoms with van der Waals surface area (Å²) < 4.78 is 39.8. The van der Waals surface area contributed by atoms with Crippen molar-refractivity contribution in [2.45, 2.75) is 111 Å². The summed E-state index contributed by atoms with van der Waals surface area (Å²) in [6, 6.07) is 9.94. The van der Waals surface area contributed by atoms with Crippen LogP contribution in [0.2, 0.25) is 0 Å². The SMILES string of the molecule is CCCCCC1CCC(c2ccc(C(=O)Oc3ccc(OCCCCC(C)(C)CC)c(F)c3F)cc2)CC1. The standard InChI is InChI=1S/C33H46F2O3/c1-5-7-8-11-24-12-14-25(15-13-24)26-16-18-27(19-17-26)32(36)38-29-21-20-28(30(34)31(29)35)37-23-10-9-22-33(3,4)6-2/h16-21,24-25H,5-15,22-23H2,1-4H3. The van der Waals surface area contributed by atoms with Gasteiger partial charge < -0.3 is 9.47 Å². The number of ether oxygens (including phenoxy) is 2. The van der Waals surface area contributed by atoms with Crippen molar-refractivity contribution >= 4 is 5.97 Å². The van der Waals surface area contributed by atoms with E-state index in [-0.39, 0.29) is 11.2 Å². The molecule has 0 saturated heterocycles. The molecule has 0 aliphatic heterocycles. The van der Waals surface area contributed by atoms with Gasteiger partial charge in [-0.2, -0.15) is 8.78 Å². The van der Waals surface area contributed by atoms with Crippen molar-refractivity contribution < 1.29 is 23.0 Å². The van der Waals surface area contributed by atoms with Crippen LogP contribution in [0.3, 0.4) is 0 Å². The van der Waals surface area contributed by atoms with E-state index in [0.717, 1.165) is 31.6 Å². The molecule has 0 amide bonds. The van der Waals surface area contributed by atoms with Gasteiger partial charge in [0.25, 0.3) is 0 Å². The number of halogens is 2. The van der Waals surface area contributed by atoms with Gasteiger partial charge in [-0.25, -0.2) is 4.79 Å². The minimum absolute atomic E-state index is 0.165. The minimum Gasteiger partial charge on any atom is -0.490 e. The van der Waals surface area contributed by atoms with Gasteiger partial charge in [0.05, 0.1) is 12.2 Å². The van der Waals surface area contributed by atoms with Crippen molar-refractivity contribution in [1.82, 2.24) is 0 Å². The number of benzene rings is 2. The van der Waals surface area contributed by atoms with Gasteiger partial charge in [0.1, 0.15) is 0 Å². The summed E-state index contributed by atoms with van der Waals surface area (Å²) in [5.74, 6) is -2.30. The number of rotatable bonds is 14. The molecule has 210 valence electrons. The summed E-state index contributed by atoms with van der Waals surface area (Å²) in [7, 11) is 0. The molecule has 3 nitrogen and oxygen atoms in total. The van der Waals surface area contributed by atoms with Crippen LogP contribution in [0, 0.1) is 23.0 Å².